The minimum absolute atomic E-state index is 0.00681. The maximum atomic E-state index is 11.8. The quantitative estimate of drug-likeness (QED) is 0.847. The highest BCUT2D eigenvalue weighted by molar-refractivity contribution is 7.08. The van der Waals surface area contributed by atoms with E-state index in [2.05, 4.69) is 15.2 Å². The summed E-state index contributed by atoms with van der Waals surface area (Å²) in [6.07, 6.45) is 1.43. The predicted molar refractivity (Wildman–Crippen MR) is 56.5 cm³/mol. The first-order valence-electron chi connectivity index (χ1n) is 4.39. The SMILES string of the molecule is CN(Cc1ncn[nH]1)C(=O)c1ccsc1. The van der Waals surface area contributed by atoms with E-state index in [1.54, 1.807) is 11.9 Å². The predicted octanol–water partition coefficient (Wildman–Crippen LogP) is 1.14. The minimum atomic E-state index is -0.00681. The van der Waals surface area contributed by atoms with E-state index in [9.17, 15) is 4.79 Å². The number of hydrogen-bond donors (Lipinski definition) is 1. The van der Waals surface area contributed by atoms with Crippen molar-refractivity contribution in [2.24, 2.45) is 0 Å². The third-order valence-corrected chi connectivity index (χ3v) is 2.65. The molecule has 5 nitrogen and oxygen atoms in total. The maximum absolute atomic E-state index is 11.8. The van der Waals surface area contributed by atoms with Crippen LogP contribution in [-0.2, 0) is 6.54 Å². The molecule has 0 saturated heterocycles. The van der Waals surface area contributed by atoms with Gasteiger partial charge in [-0.2, -0.15) is 16.4 Å². The van der Waals surface area contributed by atoms with E-state index in [1.165, 1.54) is 17.7 Å². The van der Waals surface area contributed by atoms with E-state index in [0.29, 0.717) is 17.9 Å². The van der Waals surface area contributed by atoms with Gasteiger partial charge in [-0.1, -0.05) is 0 Å². The molecule has 0 spiro atoms. The summed E-state index contributed by atoms with van der Waals surface area (Å²) in [4.78, 5) is 17.4. The summed E-state index contributed by atoms with van der Waals surface area (Å²) in [5.41, 5.74) is 0.710. The second-order valence-corrected chi connectivity index (χ2v) is 3.89. The summed E-state index contributed by atoms with van der Waals surface area (Å²) in [5.74, 6) is 0.675. The summed E-state index contributed by atoms with van der Waals surface area (Å²) < 4.78 is 0. The lowest BCUT2D eigenvalue weighted by molar-refractivity contribution is 0.0782. The zero-order valence-electron chi connectivity index (χ0n) is 8.17. The molecule has 0 aliphatic carbocycles. The van der Waals surface area contributed by atoms with Crippen LogP contribution in [0.15, 0.2) is 23.2 Å². The van der Waals surface area contributed by atoms with Crippen molar-refractivity contribution >= 4 is 17.2 Å². The van der Waals surface area contributed by atoms with Gasteiger partial charge in [0.1, 0.15) is 12.2 Å². The number of nitrogens with one attached hydrogen (secondary N) is 1. The third kappa shape index (κ3) is 2.21. The van der Waals surface area contributed by atoms with Gasteiger partial charge in [0, 0.05) is 12.4 Å². The molecule has 0 unspecified atom stereocenters. The molecule has 0 bridgehead atoms. The van der Waals surface area contributed by atoms with Crippen molar-refractivity contribution < 1.29 is 4.79 Å². The van der Waals surface area contributed by atoms with Crippen LogP contribution < -0.4 is 0 Å². The molecule has 0 atom stereocenters. The Morgan fingerprint density at radius 2 is 2.53 bits per heavy atom. The van der Waals surface area contributed by atoms with Gasteiger partial charge in [0.15, 0.2) is 0 Å². The lowest BCUT2D eigenvalue weighted by Gasteiger charge is -2.14. The summed E-state index contributed by atoms with van der Waals surface area (Å²) in [5, 5.41) is 10.2. The van der Waals surface area contributed by atoms with Crippen molar-refractivity contribution in [3.8, 4) is 0 Å². The van der Waals surface area contributed by atoms with Gasteiger partial charge in [-0.05, 0) is 11.4 Å². The van der Waals surface area contributed by atoms with Gasteiger partial charge in [0.25, 0.3) is 5.91 Å². The van der Waals surface area contributed by atoms with Gasteiger partial charge in [0.2, 0.25) is 0 Å². The highest BCUT2D eigenvalue weighted by Crippen LogP contribution is 2.09. The molecule has 0 radical (unpaired) electrons. The number of carbonyl (C=O) groups excluding carboxylic acids is 1. The van der Waals surface area contributed by atoms with Crippen molar-refractivity contribution in [2.45, 2.75) is 6.54 Å². The highest BCUT2D eigenvalue weighted by atomic mass is 32.1. The number of H-pyrrole nitrogens is 1. The second kappa shape index (κ2) is 4.22. The molecular weight excluding hydrogens is 212 g/mol. The smallest absolute Gasteiger partial charge is 0.254 e. The van der Waals surface area contributed by atoms with Crippen molar-refractivity contribution in [1.82, 2.24) is 20.1 Å². The van der Waals surface area contributed by atoms with Crippen LogP contribution in [0.1, 0.15) is 16.2 Å². The molecule has 2 rings (SSSR count). The Hall–Kier alpha value is -1.69. The van der Waals surface area contributed by atoms with Gasteiger partial charge >= 0.3 is 0 Å². The first-order chi connectivity index (χ1) is 7.27. The molecule has 2 aromatic heterocycles. The number of aromatic amines is 1. The van der Waals surface area contributed by atoms with Crippen LogP contribution in [0.5, 0.6) is 0 Å². The number of amides is 1. The van der Waals surface area contributed by atoms with Gasteiger partial charge in [-0.3, -0.25) is 9.89 Å². The van der Waals surface area contributed by atoms with Crippen LogP contribution in [-0.4, -0.2) is 33.0 Å². The van der Waals surface area contributed by atoms with Crippen molar-refractivity contribution in [2.75, 3.05) is 7.05 Å². The fourth-order valence-electron chi connectivity index (χ4n) is 1.21. The molecule has 1 amide bonds. The Labute approximate surface area is 90.8 Å². The molecule has 6 heteroatoms. The molecule has 0 fully saturated rings. The van der Waals surface area contributed by atoms with E-state index in [1.807, 2.05) is 16.8 Å². The lowest BCUT2D eigenvalue weighted by atomic mass is 10.3. The summed E-state index contributed by atoms with van der Waals surface area (Å²) in [7, 11) is 1.74. The molecule has 2 heterocycles. The first-order valence-corrected chi connectivity index (χ1v) is 5.33. The Morgan fingerprint density at radius 3 is 3.13 bits per heavy atom. The van der Waals surface area contributed by atoms with E-state index in [-0.39, 0.29) is 5.91 Å². The van der Waals surface area contributed by atoms with E-state index in [4.69, 9.17) is 0 Å². The molecule has 1 N–H and O–H groups in total. The average Bonchev–Trinajstić information content (AvgIpc) is 2.88. The van der Waals surface area contributed by atoms with Crippen LogP contribution >= 0.6 is 11.3 Å². The number of thiophene rings is 1. The average molecular weight is 222 g/mol. The minimum Gasteiger partial charge on any atom is -0.334 e. The van der Waals surface area contributed by atoms with Gasteiger partial charge in [0.05, 0.1) is 12.1 Å². The third-order valence-electron chi connectivity index (χ3n) is 1.97. The lowest BCUT2D eigenvalue weighted by Crippen LogP contribution is -2.26. The maximum Gasteiger partial charge on any atom is 0.254 e. The molecule has 78 valence electrons. The molecular formula is C9H10N4OS. The Balaban J connectivity index is 2.03. The van der Waals surface area contributed by atoms with Crippen LogP contribution in [0.2, 0.25) is 0 Å². The highest BCUT2D eigenvalue weighted by Gasteiger charge is 2.12. The molecule has 0 aromatic carbocycles. The molecule has 15 heavy (non-hydrogen) atoms. The fourth-order valence-corrected chi connectivity index (χ4v) is 1.84. The molecule has 0 aliphatic rings. The number of carbonyl (C=O) groups is 1. The number of nitrogens with zero attached hydrogens (tertiary/aromatic N) is 3. The van der Waals surface area contributed by atoms with Gasteiger partial charge < -0.3 is 4.90 Å². The van der Waals surface area contributed by atoms with Crippen LogP contribution in [0.3, 0.4) is 0 Å². The zero-order valence-corrected chi connectivity index (χ0v) is 8.99. The Kier molecular flexibility index (Phi) is 2.77. The zero-order chi connectivity index (χ0) is 10.7. The van der Waals surface area contributed by atoms with Crippen molar-refractivity contribution in [1.29, 1.82) is 0 Å². The fraction of sp³-hybridized carbons (Fsp3) is 0.222. The molecule has 0 aliphatic heterocycles. The van der Waals surface area contributed by atoms with Crippen LogP contribution in [0, 0.1) is 0 Å². The molecule has 0 saturated carbocycles. The number of rotatable bonds is 3. The monoisotopic (exact) mass is 222 g/mol. The van der Waals surface area contributed by atoms with Crippen LogP contribution in [0.4, 0.5) is 0 Å². The van der Waals surface area contributed by atoms with Crippen molar-refractivity contribution in [3.05, 3.63) is 34.5 Å². The van der Waals surface area contributed by atoms with Crippen molar-refractivity contribution in [3.63, 3.8) is 0 Å². The Bertz CT molecular complexity index is 423. The standard InChI is InChI=1S/C9H10N4OS/c1-13(4-8-10-6-11-12-8)9(14)7-2-3-15-5-7/h2-3,5-6H,4H2,1H3,(H,10,11,12). The van der Waals surface area contributed by atoms with Gasteiger partial charge in [-0.15, -0.1) is 0 Å². The van der Waals surface area contributed by atoms with Crippen LogP contribution in [0.25, 0.3) is 0 Å². The molecule has 2 aromatic rings. The second-order valence-electron chi connectivity index (χ2n) is 3.11. The normalized spacial score (nSPS) is 10.2. The van der Waals surface area contributed by atoms with E-state index >= 15 is 0 Å². The summed E-state index contributed by atoms with van der Waals surface area (Å²) in [6, 6.07) is 1.81. The Morgan fingerprint density at radius 1 is 1.67 bits per heavy atom. The first kappa shape index (κ1) is 9.85. The summed E-state index contributed by atoms with van der Waals surface area (Å²) >= 11 is 1.51. The number of hydrogen-bond acceptors (Lipinski definition) is 4. The topological polar surface area (TPSA) is 61.9 Å². The number of aromatic nitrogens is 3. The van der Waals surface area contributed by atoms with E-state index < -0.39 is 0 Å². The van der Waals surface area contributed by atoms with Gasteiger partial charge in [-0.25, -0.2) is 4.98 Å². The largest absolute Gasteiger partial charge is 0.334 e. The summed E-state index contributed by atoms with van der Waals surface area (Å²) in [6.45, 7) is 0.439. The van der Waals surface area contributed by atoms with E-state index in [0.717, 1.165) is 0 Å².